The quantitative estimate of drug-likeness (QED) is 0.0262. The lowest BCUT2D eigenvalue weighted by molar-refractivity contribution is -0.167. The zero-order valence-electron chi connectivity index (χ0n) is 43.4. The molecule has 0 heterocycles. The molecule has 0 saturated carbocycles. The van der Waals surface area contributed by atoms with Crippen LogP contribution in [-0.4, -0.2) is 37.2 Å². The molecule has 0 spiro atoms. The van der Waals surface area contributed by atoms with Gasteiger partial charge in [0.2, 0.25) is 0 Å². The van der Waals surface area contributed by atoms with Gasteiger partial charge in [-0.15, -0.1) is 0 Å². The first-order valence-corrected chi connectivity index (χ1v) is 27.4. The summed E-state index contributed by atoms with van der Waals surface area (Å²) in [6.07, 6.45) is 73.5. The second kappa shape index (κ2) is 54.7. The minimum Gasteiger partial charge on any atom is -0.462 e. The van der Waals surface area contributed by atoms with Crippen molar-refractivity contribution in [1.82, 2.24) is 0 Å². The van der Waals surface area contributed by atoms with Crippen LogP contribution in [0.25, 0.3) is 0 Å². The van der Waals surface area contributed by atoms with Gasteiger partial charge >= 0.3 is 17.9 Å². The van der Waals surface area contributed by atoms with E-state index < -0.39 is 6.10 Å². The number of ether oxygens (including phenoxy) is 3. The van der Waals surface area contributed by atoms with Crippen LogP contribution in [0.2, 0.25) is 0 Å². The highest BCUT2D eigenvalue weighted by Crippen LogP contribution is 2.13. The largest absolute Gasteiger partial charge is 0.462 e. The van der Waals surface area contributed by atoms with Crippen LogP contribution in [0, 0.1) is 0 Å². The third kappa shape index (κ3) is 52.9. The zero-order valence-corrected chi connectivity index (χ0v) is 43.4. The highest BCUT2D eigenvalue weighted by Gasteiger charge is 2.19. The maximum absolute atomic E-state index is 12.8. The molecule has 0 aliphatic heterocycles. The fourth-order valence-corrected chi connectivity index (χ4v) is 7.18. The molecule has 0 saturated heterocycles. The number of hydrogen-bond donors (Lipinski definition) is 0. The van der Waals surface area contributed by atoms with Crippen molar-refractivity contribution in [2.45, 2.75) is 245 Å². The Hall–Kier alpha value is -3.93. The summed E-state index contributed by atoms with van der Waals surface area (Å²) in [5.74, 6) is -0.948. The lowest BCUT2D eigenvalue weighted by Crippen LogP contribution is -2.30. The van der Waals surface area contributed by atoms with Gasteiger partial charge in [0.15, 0.2) is 6.10 Å². The van der Waals surface area contributed by atoms with E-state index >= 15 is 0 Å². The average Bonchev–Trinajstić information content (AvgIpc) is 3.33. The molecular formula is C61H100O6. The van der Waals surface area contributed by atoms with Gasteiger partial charge in [0, 0.05) is 19.3 Å². The Kier molecular flexibility index (Phi) is 51.5. The highest BCUT2D eigenvalue weighted by molar-refractivity contribution is 5.71. The maximum Gasteiger partial charge on any atom is 0.306 e. The summed E-state index contributed by atoms with van der Waals surface area (Å²) in [7, 11) is 0. The summed E-state index contributed by atoms with van der Waals surface area (Å²) in [6, 6.07) is 0. The van der Waals surface area contributed by atoms with E-state index in [0.717, 1.165) is 161 Å². The fourth-order valence-electron chi connectivity index (χ4n) is 7.18. The molecule has 380 valence electrons. The Balaban J connectivity index is 4.47. The van der Waals surface area contributed by atoms with Crippen LogP contribution < -0.4 is 0 Å². The van der Waals surface area contributed by atoms with Crippen molar-refractivity contribution >= 4 is 17.9 Å². The van der Waals surface area contributed by atoms with Crippen molar-refractivity contribution in [2.75, 3.05) is 13.2 Å². The molecule has 0 aromatic carbocycles. The Morgan fingerprint density at radius 3 is 0.910 bits per heavy atom. The normalized spacial score (nSPS) is 12.9. The Morgan fingerprint density at radius 1 is 0.313 bits per heavy atom. The predicted molar refractivity (Wildman–Crippen MR) is 288 cm³/mol. The van der Waals surface area contributed by atoms with Gasteiger partial charge in [-0.2, -0.15) is 0 Å². The van der Waals surface area contributed by atoms with Gasteiger partial charge in [-0.25, -0.2) is 0 Å². The van der Waals surface area contributed by atoms with Gasteiger partial charge in [0.1, 0.15) is 13.2 Å². The van der Waals surface area contributed by atoms with E-state index in [1.54, 1.807) is 0 Å². The molecule has 0 fully saturated rings. The van der Waals surface area contributed by atoms with E-state index in [4.69, 9.17) is 14.2 Å². The number of carbonyl (C=O) groups excluding carboxylic acids is 3. The minimum absolute atomic E-state index is 0.0996. The van der Waals surface area contributed by atoms with E-state index in [1.165, 1.54) is 38.5 Å². The molecule has 0 radical (unpaired) electrons. The lowest BCUT2D eigenvalue weighted by Gasteiger charge is -2.18. The molecule has 1 unspecified atom stereocenters. The molecular weight excluding hydrogens is 829 g/mol. The molecule has 0 aliphatic carbocycles. The smallest absolute Gasteiger partial charge is 0.306 e. The minimum atomic E-state index is -0.802. The summed E-state index contributed by atoms with van der Waals surface area (Å²) in [6.45, 7) is 6.34. The van der Waals surface area contributed by atoms with Gasteiger partial charge in [-0.05, 0) is 122 Å². The van der Waals surface area contributed by atoms with Gasteiger partial charge in [-0.1, -0.05) is 207 Å². The summed E-state index contributed by atoms with van der Waals surface area (Å²) in [4.78, 5) is 38.1. The summed E-state index contributed by atoms with van der Waals surface area (Å²) < 4.78 is 16.8. The van der Waals surface area contributed by atoms with Crippen LogP contribution in [0.1, 0.15) is 239 Å². The number of hydrogen-bond acceptors (Lipinski definition) is 6. The van der Waals surface area contributed by atoms with Crippen LogP contribution in [0.4, 0.5) is 0 Å². The van der Waals surface area contributed by atoms with Gasteiger partial charge in [0.05, 0.1) is 0 Å². The van der Waals surface area contributed by atoms with Crippen molar-refractivity contribution in [3.05, 3.63) is 109 Å². The van der Waals surface area contributed by atoms with E-state index in [9.17, 15) is 14.4 Å². The maximum atomic E-state index is 12.8. The van der Waals surface area contributed by atoms with Crippen LogP contribution >= 0.6 is 0 Å². The summed E-state index contributed by atoms with van der Waals surface area (Å²) in [5.41, 5.74) is 0. The first kappa shape index (κ1) is 63.1. The molecule has 0 N–H and O–H groups in total. The Labute approximate surface area is 412 Å². The monoisotopic (exact) mass is 929 g/mol. The van der Waals surface area contributed by atoms with Crippen LogP contribution in [0.3, 0.4) is 0 Å². The number of allylic oxidation sites excluding steroid dienone is 18. The van der Waals surface area contributed by atoms with Gasteiger partial charge < -0.3 is 14.2 Å². The van der Waals surface area contributed by atoms with Crippen molar-refractivity contribution in [2.24, 2.45) is 0 Å². The topological polar surface area (TPSA) is 78.9 Å². The molecule has 1 atom stereocenters. The van der Waals surface area contributed by atoms with Crippen molar-refractivity contribution in [1.29, 1.82) is 0 Å². The zero-order chi connectivity index (χ0) is 48.6. The Bertz CT molecular complexity index is 1390. The number of carbonyl (C=O) groups is 3. The summed E-state index contributed by atoms with van der Waals surface area (Å²) >= 11 is 0. The highest BCUT2D eigenvalue weighted by atomic mass is 16.6. The first-order valence-electron chi connectivity index (χ1n) is 27.4. The standard InChI is InChI=1S/C61H100O6/c1-4-7-10-13-16-19-22-25-28-29-30-31-34-36-39-42-45-48-51-54-60(63)66-57-58(67-61(64)55-52-49-46-43-40-37-33-27-24-21-18-15-12-9-6-3)56-65-59(62)53-50-47-44-41-38-35-32-26-23-20-17-14-11-8-5-2/h8-9,11-12,16-21,25-28,30-33,58H,4-7,10,13-15,22-24,29,34-57H2,1-3H3/b11-8-,12-9-,19-16-,20-17-,21-18-,28-25-,31-30-,32-26-,33-27-. The summed E-state index contributed by atoms with van der Waals surface area (Å²) in [5, 5.41) is 0. The second-order valence-electron chi connectivity index (χ2n) is 17.7. The molecule has 0 aromatic rings. The molecule has 0 aliphatic rings. The van der Waals surface area contributed by atoms with Gasteiger partial charge in [-0.3, -0.25) is 14.4 Å². The predicted octanol–water partition coefficient (Wildman–Crippen LogP) is 18.3. The number of unbranched alkanes of at least 4 members (excludes halogenated alkanes) is 19. The third-order valence-electron chi connectivity index (χ3n) is 11.2. The van der Waals surface area contributed by atoms with E-state index in [-0.39, 0.29) is 31.1 Å². The third-order valence-corrected chi connectivity index (χ3v) is 11.2. The average molecular weight is 929 g/mol. The molecule has 0 rings (SSSR count). The van der Waals surface area contributed by atoms with Crippen molar-refractivity contribution in [3.63, 3.8) is 0 Å². The number of esters is 3. The lowest BCUT2D eigenvalue weighted by atomic mass is 10.1. The Morgan fingerprint density at radius 2 is 0.582 bits per heavy atom. The SMILES string of the molecule is CC/C=C\C/C=C\C/C=C\CCCCCCCC(=O)OCC(COC(=O)CCCCCCCC/C=C\C/C=C\C/C=C\CCCCC)OC(=O)CCCCCCC/C=C\C/C=C\C/C=C\CC. The van der Waals surface area contributed by atoms with Crippen LogP contribution in [0.5, 0.6) is 0 Å². The molecule has 6 heteroatoms. The van der Waals surface area contributed by atoms with E-state index in [2.05, 4.69) is 130 Å². The van der Waals surface area contributed by atoms with E-state index in [1.807, 2.05) is 0 Å². The molecule has 67 heavy (non-hydrogen) atoms. The van der Waals surface area contributed by atoms with E-state index in [0.29, 0.717) is 19.3 Å². The van der Waals surface area contributed by atoms with Crippen LogP contribution in [-0.2, 0) is 28.6 Å². The first-order chi connectivity index (χ1) is 33.0. The molecule has 6 nitrogen and oxygen atoms in total. The second-order valence-corrected chi connectivity index (χ2v) is 17.7. The molecule has 0 aromatic heterocycles. The fraction of sp³-hybridized carbons (Fsp3) is 0.656. The number of rotatable bonds is 48. The van der Waals surface area contributed by atoms with Gasteiger partial charge in [0.25, 0.3) is 0 Å². The van der Waals surface area contributed by atoms with Crippen molar-refractivity contribution < 1.29 is 28.6 Å². The van der Waals surface area contributed by atoms with Crippen LogP contribution in [0.15, 0.2) is 109 Å². The molecule has 0 amide bonds. The molecule has 0 bridgehead atoms. The van der Waals surface area contributed by atoms with Crippen molar-refractivity contribution in [3.8, 4) is 0 Å².